The minimum atomic E-state index is 0.0165. The summed E-state index contributed by atoms with van der Waals surface area (Å²) < 4.78 is 0. The Hall–Kier alpha value is -1.44. The number of nitrogens with two attached hydrogens (primary N) is 1. The first-order valence-electron chi connectivity index (χ1n) is 1.93. The molecule has 0 saturated heterocycles. The Morgan fingerprint density at radius 3 is 2.62 bits per heavy atom. The molecule has 0 amide bonds. The van der Waals surface area contributed by atoms with Crippen molar-refractivity contribution in [2.75, 3.05) is 0 Å². The summed E-state index contributed by atoms with van der Waals surface area (Å²) in [5, 5.41) is 0. The van der Waals surface area contributed by atoms with E-state index in [1.807, 2.05) is 0 Å². The third-order valence-corrected chi connectivity index (χ3v) is 0.511. The second kappa shape index (κ2) is 3.74. The van der Waals surface area contributed by atoms with Crippen molar-refractivity contribution in [1.82, 2.24) is 0 Å². The number of nitrogens with zero attached hydrogens (tertiary/aromatic N) is 4. The Kier molecular flexibility index (Phi) is 3.07. The molecular formula is C3H5N5. The van der Waals surface area contributed by atoms with Gasteiger partial charge < -0.3 is 15.9 Å². The molecule has 5 nitrogen and oxygen atoms in total. The summed E-state index contributed by atoms with van der Waals surface area (Å²) in [6.07, 6.45) is 1.28. The van der Waals surface area contributed by atoms with Crippen LogP contribution in [0.3, 0.4) is 0 Å². The fourth-order valence-corrected chi connectivity index (χ4v) is 0.175. The van der Waals surface area contributed by atoms with Crippen LogP contribution in [0.2, 0.25) is 0 Å². The van der Waals surface area contributed by atoms with Gasteiger partial charge in [-0.15, -0.1) is 0 Å². The summed E-state index contributed by atoms with van der Waals surface area (Å²) in [4.78, 5) is 5.24. The molecule has 0 radical (unpaired) electrons. The van der Waals surface area contributed by atoms with Crippen LogP contribution in [0.15, 0.2) is 0 Å². The molecule has 42 valence electrons. The van der Waals surface area contributed by atoms with Crippen molar-refractivity contribution in [1.29, 1.82) is 0 Å². The smallest absolute Gasteiger partial charge is 0.335 e. The number of rotatable bonds is 2. The molecule has 0 rings (SSSR count). The third kappa shape index (κ3) is 2.78. The van der Waals surface area contributed by atoms with E-state index in [1.165, 1.54) is 0 Å². The molecule has 0 saturated carbocycles. The van der Waals surface area contributed by atoms with E-state index in [4.69, 9.17) is 16.8 Å². The highest BCUT2D eigenvalue weighted by atomic mass is 14.9. The summed E-state index contributed by atoms with van der Waals surface area (Å²) in [7, 11) is 0. The highest BCUT2D eigenvalue weighted by Crippen LogP contribution is 1.62. The maximum absolute atomic E-state index is 7.88. The molecule has 0 aromatic carbocycles. The van der Waals surface area contributed by atoms with Gasteiger partial charge in [0.1, 0.15) is 0 Å². The Morgan fingerprint density at radius 1 is 1.62 bits per heavy atom. The van der Waals surface area contributed by atoms with Crippen LogP contribution in [0, 0.1) is 0 Å². The quantitative estimate of drug-likeness (QED) is 0.216. The van der Waals surface area contributed by atoms with Gasteiger partial charge in [0, 0.05) is 0 Å². The van der Waals surface area contributed by atoms with Crippen molar-refractivity contribution in [2.24, 2.45) is 5.73 Å². The topological polar surface area (TPSA) is 98.8 Å². The van der Waals surface area contributed by atoms with Gasteiger partial charge in [-0.1, -0.05) is 0 Å². The Morgan fingerprint density at radius 2 is 2.25 bits per heavy atom. The zero-order chi connectivity index (χ0) is 6.41. The average Bonchev–Trinajstić information content (AvgIpc) is 1.83. The second-order valence-corrected chi connectivity index (χ2v) is 1.09. The second-order valence-electron chi connectivity index (χ2n) is 1.09. The number of amidine groups is 1. The molecule has 0 spiro atoms. The van der Waals surface area contributed by atoms with Crippen molar-refractivity contribution in [3.63, 3.8) is 0 Å². The van der Waals surface area contributed by atoms with Gasteiger partial charge >= 0.3 is 5.84 Å². The van der Waals surface area contributed by atoms with Crippen LogP contribution in [-0.2, 0) is 0 Å². The van der Waals surface area contributed by atoms with E-state index in [2.05, 4.69) is 9.58 Å². The van der Waals surface area contributed by atoms with Crippen LogP contribution in [0.5, 0.6) is 0 Å². The van der Waals surface area contributed by atoms with Gasteiger partial charge in [0.25, 0.3) is 6.21 Å². The van der Waals surface area contributed by atoms with Gasteiger partial charge in [-0.3, -0.25) is 5.73 Å². The molecule has 8 heavy (non-hydrogen) atoms. The van der Waals surface area contributed by atoms with E-state index in [0.717, 1.165) is 6.21 Å². The summed E-state index contributed by atoms with van der Waals surface area (Å²) in [5.74, 6) is 0.0165. The van der Waals surface area contributed by atoms with E-state index in [1.54, 1.807) is 0 Å². The largest absolute Gasteiger partial charge is 0.498 e. The predicted octanol–water partition coefficient (Wildman–Crippen LogP) is -0.736. The first-order chi connectivity index (χ1) is 3.81. The van der Waals surface area contributed by atoms with Crippen LogP contribution in [-0.4, -0.2) is 21.6 Å². The molecule has 5 heteroatoms. The van der Waals surface area contributed by atoms with Gasteiger partial charge in [0.05, 0.1) is 0 Å². The Bertz CT molecular complexity index is 159. The summed E-state index contributed by atoms with van der Waals surface area (Å²) in [5.41, 5.74) is 20.6. The lowest BCUT2D eigenvalue weighted by Crippen LogP contribution is -2.12. The van der Waals surface area contributed by atoms with Gasteiger partial charge in [-0.05, 0) is 0 Å². The zero-order valence-electron chi connectivity index (χ0n) is 4.15. The Balaban J connectivity index is 3.73. The molecule has 0 aliphatic carbocycles. The lowest BCUT2D eigenvalue weighted by molar-refractivity contribution is -0.0137. The standard InChI is InChI=1S/C3H5N5/c4-3(8-6)1-2-7-5/h2H,1,4H2. The maximum Gasteiger partial charge on any atom is 0.335 e. The molecular weight excluding hydrogens is 106 g/mol. The minimum absolute atomic E-state index is 0.0165. The lowest BCUT2D eigenvalue weighted by atomic mass is 10.4. The van der Waals surface area contributed by atoms with Gasteiger partial charge in [-0.2, -0.15) is 4.79 Å². The Labute approximate surface area is 46.0 Å². The molecule has 2 N–H and O–H groups in total. The van der Waals surface area contributed by atoms with Crippen LogP contribution in [0.25, 0.3) is 11.1 Å². The molecule has 0 atom stereocenters. The lowest BCUT2D eigenvalue weighted by Gasteiger charge is -1.70. The monoisotopic (exact) mass is 111 g/mol. The predicted molar refractivity (Wildman–Crippen MR) is 27.1 cm³/mol. The van der Waals surface area contributed by atoms with Gasteiger partial charge in [-0.25, -0.2) is 0 Å². The van der Waals surface area contributed by atoms with Crippen LogP contribution in [0.1, 0.15) is 6.42 Å². The molecule has 0 aliphatic rings. The van der Waals surface area contributed by atoms with E-state index in [9.17, 15) is 0 Å². The average molecular weight is 111 g/mol. The summed E-state index contributed by atoms with van der Waals surface area (Å²) >= 11 is 0. The van der Waals surface area contributed by atoms with E-state index < -0.39 is 0 Å². The van der Waals surface area contributed by atoms with Crippen LogP contribution >= 0.6 is 0 Å². The third-order valence-electron chi connectivity index (χ3n) is 0.511. The molecule has 0 aromatic heterocycles. The first kappa shape index (κ1) is 6.56. The first-order valence-corrected chi connectivity index (χ1v) is 1.93. The van der Waals surface area contributed by atoms with Crippen molar-refractivity contribution in [3.05, 3.63) is 11.1 Å². The van der Waals surface area contributed by atoms with E-state index in [-0.39, 0.29) is 12.3 Å². The van der Waals surface area contributed by atoms with Crippen molar-refractivity contribution in [2.45, 2.75) is 6.42 Å². The summed E-state index contributed by atoms with van der Waals surface area (Å²) in [6.45, 7) is 0. The highest BCUT2D eigenvalue weighted by Gasteiger charge is 1.95. The summed E-state index contributed by atoms with van der Waals surface area (Å²) in [6, 6.07) is 0. The molecule has 0 aromatic rings. The fraction of sp³-hybridized carbons (Fsp3) is 0.333. The van der Waals surface area contributed by atoms with E-state index in [0.29, 0.717) is 0 Å². The minimum Gasteiger partial charge on any atom is -0.498 e. The van der Waals surface area contributed by atoms with Crippen molar-refractivity contribution >= 4 is 12.1 Å². The molecule has 0 bridgehead atoms. The molecule has 0 unspecified atom stereocenters. The van der Waals surface area contributed by atoms with Gasteiger partial charge in [0.15, 0.2) is 6.42 Å². The van der Waals surface area contributed by atoms with Crippen LogP contribution in [0.4, 0.5) is 0 Å². The fourth-order valence-electron chi connectivity index (χ4n) is 0.175. The number of hydrogen-bond acceptors (Lipinski definition) is 0. The zero-order valence-corrected chi connectivity index (χ0v) is 4.15. The molecule has 0 fully saturated rings. The van der Waals surface area contributed by atoms with E-state index >= 15 is 0 Å². The normalized spacial score (nSPS) is 6.50. The van der Waals surface area contributed by atoms with Crippen molar-refractivity contribution < 1.29 is 9.58 Å². The highest BCUT2D eigenvalue weighted by molar-refractivity contribution is 5.87. The van der Waals surface area contributed by atoms with Crippen LogP contribution < -0.4 is 5.73 Å². The molecule has 0 aliphatic heterocycles. The van der Waals surface area contributed by atoms with Crippen molar-refractivity contribution in [3.8, 4) is 0 Å². The molecule has 0 heterocycles. The number of hydrogen-bond donors (Lipinski definition) is 1. The van der Waals surface area contributed by atoms with Gasteiger partial charge in [0.2, 0.25) is 0 Å². The SMILES string of the molecule is [N-]=[N+]=CCC(N)=[N+]=[N-]. The maximum atomic E-state index is 7.88.